The fourth-order valence-electron chi connectivity index (χ4n) is 2.09. The van der Waals surface area contributed by atoms with Crippen LogP contribution in [0.4, 0.5) is 5.13 Å². The molecule has 0 aliphatic carbocycles. The molecule has 0 radical (unpaired) electrons. The number of thiazole rings is 1. The van der Waals surface area contributed by atoms with Gasteiger partial charge < -0.3 is 5.73 Å². The van der Waals surface area contributed by atoms with Crippen LogP contribution in [0.5, 0.6) is 0 Å². The molecule has 0 atom stereocenters. The number of benzene rings is 1. The maximum atomic E-state index is 5.88. The lowest BCUT2D eigenvalue weighted by Crippen LogP contribution is -1.91. The Labute approximate surface area is 114 Å². The first-order chi connectivity index (χ1) is 8.66. The molecule has 0 amide bonds. The van der Waals surface area contributed by atoms with Crippen LogP contribution in [0.3, 0.4) is 0 Å². The van der Waals surface area contributed by atoms with E-state index in [9.17, 15) is 0 Å². The monoisotopic (exact) mass is 274 g/mol. The van der Waals surface area contributed by atoms with Crippen LogP contribution in [0.25, 0.3) is 20.5 Å². The molecule has 3 rings (SSSR count). The molecule has 18 heavy (non-hydrogen) atoms. The highest BCUT2D eigenvalue weighted by Crippen LogP contribution is 2.41. The molecule has 0 fully saturated rings. The van der Waals surface area contributed by atoms with E-state index in [-0.39, 0.29) is 0 Å². The van der Waals surface area contributed by atoms with Crippen LogP contribution in [0, 0.1) is 0 Å². The molecule has 2 heterocycles. The zero-order valence-electron chi connectivity index (χ0n) is 10.3. The van der Waals surface area contributed by atoms with Crippen LogP contribution in [0.2, 0.25) is 0 Å². The predicted molar refractivity (Wildman–Crippen MR) is 81.4 cm³/mol. The van der Waals surface area contributed by atoms with Gasteiger partial charge in [0.15, 0.2) is 5.13 Å². The van der Waals surface area contributed by atoms with Crippen LogP contribution in [0.15, 0.2) is 29.6 Å². The normalized spacial score (nSPS) is 11.5. The first kappa shape index (κ1) is 11.7. The number of anilines is 1. The predicted octanol–water partition coefficient (Wildman–Crippen LogP) is 4.73. The van der Waals surface area contributed by atoms with E-state index in [0.29, 0.717) is 11.0 Å². The number of nitrogens with zero attached hydrogens (tertiary/aromatic N) is 1. The van der Waals surface area contributed by atoms with Gasteiger partial charge in [-0.2, -0.15) is 0 Å². The topological polar surface area (TPSA) is 38.9 Å². The summed E-state index contributed by atoms with van der Waals surface area (Å²) >= 11 is 3.37. The minimum Gasteiger partial charge on any atom is -0.375 e. The molecule has 0 bridgehead atoms. The number of fused-ring (bicyclic) bond motifs is 1. The van der Waals surface area contributed by atoms with E-state index in [1.54, 1.807) is 22.7 Å². The summed E-state index contributed by atoms with van der Waals surface area (Å²) in [6.07, 6.45) is 0. The van der Waals surface area contributed by atoms with E-state index in [4.69, 9.17) is 5.73 Å². The molecule has 0 aliphatic rings. The second-order valence-electron chi connectivity index (χ2n) is 4.57. The highest BCUT2D eigenvalue weighted by molar-refractivity contribution is 7.21. The Morgan fingerprint density at radius 2 is 2.00 bits per heavy atom. The Morgan fingerprint density at radius 1 is 1.22 bits per heavy atom. The van der Waals surface area contributed by atoms with Crippen molar-refractivity contribution in [2.75, 3.05) is 5.73 Å². The number of rotatable bonds is 2. The highest BCUT2D eigenvalue weighted by Gasteiger charge is 2.17. The lowest BCUT2D eigenvalue weighted by Gasteiger charge is -2.04. The number of thiophene rings is 1. The fourth-order valence-corrected chi connectivity index (χ4v) is 4.13. The zero-order valence-corrected chi connectivity index (χ0v) is 11.9. The van der Waals surface area contributed by atoms with E-state index in [0.717, 1.165) is 5.69 Å². The van der Waals surface area contributed by atoms with Crippen molar-refractivity contribution in [3.8, 4) is 10.4 Å². The lowest BCUT2D eigenvalue weighted by atomic mass is 10.0. The fraction of sp³-hybridized carbons (Fsp3) is 0.214. The van der Waals surface area contributed by atoms with Gasteiger partial charge >= 0.3 is 0 Å². The van der Waals surface area contributed by atoms with Gasteiger partial charge in [-0.25, -0.2) is 4.98 Å². The molecule has 0 saturated heterocycles. The third-order valence-corrected chi connectivity index (χ3v) is 4.84. The SMILES string of the molecule is CC(C)c1nc(N)sc1-c1csc2ccccc12. The maximum Gasteiger partial charge on any atom is 0.180 e. The van der Waals surface area contributed by atoms with Crippen LogP contribution in [-0.2, 0) is 0 Å². The van der Waals surface area contributed by atoms with Gasteiger partial charge in [0.1, 0.15) is 0 Å². The van der Waals surface area contributed by atoms with Crippen molar-refractivity contribution < 1.29 is 0 Å². The zero-order chi connectivity index (χ0) is 12.7. The lowest BCUT2D eigenvalue weighted by molar-refractivity contribution is 0.837. The highest BCUT2D eigenvalue weighted by atomic mass is 32.1. The molecule has 0 aliphatic heterocycles. The van der Waals surface area contributed by atoms with Gasteiger partial charge in [0.2, 0.25) is 0 Å². The number of hydrogen-bond donors (Lipinski definition) is 1. The molecule has 4 heteroatoms. The molecule has 0 unspecified atom stereocenters. The average molecular weight is 274 g/mol. The average Bonchev–Trinajstić information content (AvgIpc) is 2.92. The molecule has 0 saturated carbocycles. The van der Waals surface area contributed by atoms with Gasteiger partial charge in [0, 0.05) is 21.0 Å². The quantitative estimate of drug-likeness (QED) is 0.733. The van der Waals surface area contributed by atoms with Crippen molar-refractivity contribution in [3.63, 3.8) is 0 Å². The van der Waals surface area contributed by atoms with Gasteiger partial charge in [-0.3, -0.25) is 0 Å². The summed E-state index contributed by atoms with van der Waals surface area (Å²) in [6.45, 7) is 4.32. The van der Waals surface area contributed by atoms with Gasteiger partial charge in [-0.15, -0.1) is 11.3 Å². The van der Waals surface area contributed by atoms with Gasteiger partial charge in [-0.05, 0) is 12.0 Å². The van der Waals surface area contributed by atoms with Crippen molar-refractivity contribution in [3.05, 3.63) is 35.3 Å². The third kappa shape index (κ3) is 1.82. The second kappa shape index (κ2) is 4.37. The number of nitrogen functional groups attached to an aromatic ring is 1. The van der Waals surface area contributed by atoms with Gasteiger partial charge in [0.25, 0.3) is 0 Å². The molecule has 2 N–H and O–H groups in total. The minimum atomic E-state index is 0.396. The molecule has 3 aromatic rings. The van der Waals surface area contributed by atoms with Crippen molar-refractivity contribution in [2.24, 2.45) is 0 Å². The van der Waals surface area contributed by atoms with Crippen LogP contribution in [-0.4, -0.2) is 4.98 Å². The summed E-state index contributed by atoms with van der Waals surface area (Å²) in [5.74, 6) is 0.396. The molecule has 2 aromatic heterocycles. The van der Waals surface area contributed by atoms with E-state index in [2.05, 4.69) is 48.5 Å². The first-order valence-corrected chi connectivity index (χ1v) is 7.59. The minimum absolute atomic E-state index is 0.396. The summed E-state index contributed by atoms with van der Waals surface area (Å²) in [5.41, 5.74) is 8.26. The second-order valence-corrected chi connectivity index (χ2v) is 6.51. The third-order valence-electron chi connectivity index (χ3n) is 2.94. The number of nitrogens with two attached hydrogens (primary N) is 1. The van der Waals surface area contributed by atoms with Crippen LogP contribution >= 0.6 is 22.7 Å². The molecule has 1 aromatic carbocycles. The summed E-state index contributed by atoms with van der Waals surface area (Å²) in [5, 5.41) is 4.17. The largest absolute Gasteiger partial charge is 0.375 e. The van der Waals surface area contributed by atoms with Crippen molar-refractivity contribution in [1.82, 2.24) is 4.98 Å². The van der Waals surface area contributed by atoms with Crippen molar-refractivity contribution >= 4 is 37.9 Å². The van der Waals surface area contributed by atoms with E-state index < -0.39 is 0 Å². The molecular weight excluding hydrogens is 260 g/mol. The van der Waals surface area contributed by atoms with Crippen LogP contribution in [0.1, 0.15) is 25.5 Å². The standard InChI is InChI=1S/C14H14N2S2/c1-8(2)12-13(18-14(15)16-12)10-7-17-11-6-4-3-5-9(10)11/h3-8H,1-2H3,(H2,15,16). The Balaban J connectivity index is 2.26. The summed E-state index contributed by atoms with van der Waals surface area (Å²) < 4.78 is 1.31. The van der Waals surface area contributed by atoms with Crippen molar-refractivity contribution in [1.29, 1.82) is 0 Å². The van der Waals surface area contributed by atoms with E-state index in [1.807, 2.05) is 0 Å². The first-order valence-electron chi connectivity index (χ1n) is 5.89. The number of hydrogen-bond acceptors (Lipinski definition) is 4. The van der Waals surface area contributed by atoms with E-state index in [1.165, 1.54) is 20.5 Å². The Kier molecular flexibility index (Phi) is 2.84. The molecular formula is C14H14N2S2. The Morgan fingerprint density at radius 3 is 2.78 bits per heavy atom. The molecule has 2 nitrogen and oxygen atoms in total. The summed E-state index contributed by atoms with van der Waals surface area (Å²) in [6, 6.07) is 8.48. The van der Waals surface area contributed by atoms with Gasteiger partial charge in [-0.1, -0.05) is 43.4 Å². The van der Waals surface area contributed by atoms with Crippen LogP contribution < -0.4 is 5.73 Å². The molecule has 92 valence electrons. The summed E-state index contributed by atoms with van der Waals surface area (Å²) in [4.78, 5) is 5.70. The van der Waals surface area contributed by atoms with Gasteiger partial charge in [0.05, 0.1) is 10.6 Å². The maximum absolute atomic E-state index is 5.88. The van der Waals surface area contributed by atoms with Crippen molar-refractivity contribution in [2.45, 2.75) is 19.8 Å². The molecule has 0 spiro atoms. The summed E-state index contributed by atoms with van der Waals surface area (Å²) in [7, 11) is 0. The Bertz CT molecular complexity index is 695. The van der Waals surface area contributed by atoms with E-state index >= 15 is 0 Å². The smallest absolute Gasteiger partial charge is 0.180 e. The Hall–Kier alpha value is -1.39. The number of aromatic nitrogens is 1.